The first-order chi connectivity index (χ1) is 15.6. The highest BCUT2D eigenvalue weighted by atomic mass is 32.2. The Labute approximate surface area is 189 Å². The number of benzene rings is 2. The minimum atomic E-state index is -5.14. The van der Waals surface area contributed by atoms with Gasteiger partial charge in [-0.25, -0.2) is 8.42 Å². The fourth-order valence-electron chi connectivity index (χ4n) is 2.99. The van der Waals surface area contributed by atoms with Gasteiger partial charge in [-0.05, 0) is 31.0 Å². The Bertz CT molecular complexity index is 1110. The van der Waals surface area contributed by atoms with Crippen LogP contribution < -0.4 is 4.74 Å². The van der Waals surface area contributed by atoms with Crippen molar-refractivity contribution in [3.05, 3.63) is 72.3 Å². The molecule has 1 atom stereocenters. The summed E-state index contributed by atoms with van der Waals surface area (Å²) >= 11 is 0. The van der Waals surface area contributed by atoms with E-state index in [1.165, 1.54) is 25.1 Å². The summed E-state index contributed by atoms with van der Waals surface area (Å²) in [7, 11) is -4.72. The number of allylic oxidation sites excluding steroid dienone is 1. The standard InChI is InChI=1S/C22H21F3N2O5S/c1-2-31-21(28)16-27(18(11-8-14-26)15-17-9-4-3-5-10-17)33(29,30)20-13-7-6-12-19(20)32-22(23,24)25/h3-13,18H,2,15-16H2,1H3/b11-8+/t18-/m0/s1. The molecule has 0 aromatic heterocycles. The molecule has 7 nitrogen and oxygen atoms in total. The summed E-state index contributed by atoms with van der Waals surface area (Å²) < 4.78 is 75.2. The number of carbonyl (C=O) groups excluding carboxylic acids is 1. The van der Waals surface area contributed by atoms with Gasteiger partial charge in [-0.15, -0.1) is 13.2 Å². The number of carbonyl (C=O) groups is 1. The second-order valence-electron chi connectivity index (χ2n) is 6.60. The number of hydrogen-bond acceptors (Lipinski definition) is 6. The number of nitrogens with zero attached hydrogens (tertiary/aromatic N) is 2. The number of ether oxygens (including phenoxy) is 2. The van der Waals surface area contributed by atoms with Gasteiger partial charge in [0.05, 0.1) is 12.7 Å². The van der Waals surface area contributed by atoms with Crippen molar-refractivity contribution in [2.24, 2.45) is 0 Å². The summed E-state index contributed by atoms with van der Waals surface area (Å²) in [5.41, 5.74) is 0.675. The molecule has 0 amide bonds. The lowest BCUT2D eigenvalue weighted by Crippen LogP contribution is -2.44. The lowest BCUT2D eigenvalue weighted by Gasteiger charge is -2.29. The van der Waals surface area contributed by atoms with E-state index in [4.69, 9.17) is 10.00 Å². The zero-order valence-electron chi connectivity index (χ0n) is 17.5. The van der Waals surface area contributed by atoms with E-state index in [1.807, 2.05) is 0 Å². The highest BCUT2D eigenvalue weighted by molar-refractivity contribution is 7.89. The van der Waals surface area contributed by atoms with Crippen molar-refractivity contribution in [2.75, 3.05) is 13.2 Å². The van der Waals surface area contributed by atoms with E-state index in [2.05, 4.69) is 4.74 Å². The van der Waals surface area contributed by atoms with Crippen LogP contribution in [0.2, 0.25) is 0 Å². The molecule has 0 spiro atoms. The SMILES string of the molecule is CCOC(=O)CN([C@@H](/C=C/C#N)Cc1ccccc1)S(=O)(=O)c1ccccc1OC(F)(F)F. The Morgan fingerprint density at radius 1 is 1.15 bits per heavy atom. The molecule has 0 fully saturated rings. The molecule has 0 unspecified atom stereocenters. The maximum absolute atomic E-state index is 13.5. The van der Waals surface area contributed by atoms with Crippen LogP contribution in [0, 0.1) is 11.3 Å². The molecule has 0 saturated heterocycles. The van der Waals surface area contributed by atoms with Gasteiger partial charge in [-0.2, -0.15) is 9.57 Å². The van der Waals surface area contributed by atoms with E-state index in [0.717, 1.165) is 18.2 Å². The second-order valence-corrected chi connectivity index (χ2v) is 8.45. The molecule has 11 heteroatoms. The molecule has 2 rings (SSSR count). The quantitative estimate of drug-likeness (QED) is 0.377. The predicted molar refractivity (Wildman–Crippen MR) is 112 cm³/mol. The molecule has 2 aromatic rings. The van der Waals surface area contributed by atoms with E-state index in [0.29, 0.717) is 9.87 Å². The maximum atomic E-state index is 13.5. The van der Waals surface area contributed by atoms with Gasteiger partial charge in [0.25, 0.3) is 0 Å². The lowest BCUT2D eigenvalue weighted by atomic mass is 10.1. The monoisotopic (exact) mass is 482 g/mol. The van der Waals surface area contributed by atoms with Crippen LogP contribution in [0.25, 0.3) is 0 Å². The number of hydrogen-bond donors (Lipinski definition) is 0. The van der Waals surface area contributed by atoms with Gasteiger partial charge in [-0.3, -0.25) is 4.79 Å². The van der Waals surface area contributed by atoms with Gasteiger partial charge in [0.2, 0.25) is 10.0 Å². The second kappa shape index (κ2) is 11.5. The number of sulfonamides is 1. The van der Waals surface area contributed by atoms with Crippen LogP contribution in [0.4, 0.5) is 13.2 Å². The molecule has 0 aliphatic rings. The van der Waals surface area contributed by atoms with Crippen molar-refractivity contribution in [1.29, 1.82) is 5.26 Å². The minimum Gasteiger partial charge on any atom is -0.465 e. The van der Waals surface area contributed by atoms with Crippen molar-refractivity contribution in [2.45, 2.75) is 30.6 Å². The van der Waals surface area contributed by atoms with Crippen LogP contribution in [0.3, 0.4) is 0 Å². The van der Waals surface area contributed by atoms with Gasteiger partial charge in [0, 0.05) is 12.1 Å². The van der Waals surface area contributed by atoms with Gasteiger partial charge in [0.1, 0.15) is 17.2 Å². The molecular formula is C22H21F3N2O5S. The smallest absolute Gasteiger partial charge is 0.465 e. The lowest BCUT2D eigenvalue weighted by molar-refractivity contribution is -0.275. The maximum Gasteiger partial charge on any atom is 0.573 e. The third kappa shape index (κ3) is 7.62. The normalized spacial score (nSPS) is 13.0. The van der Waals surface area contributed by atoms with Crippen LogP contribution in [-0.4, -0.2) is 44.2 Å². The molecule has 0 N–H and O–H groups in total. The Morgan fingerprint density at radius 3 is 2.39 bits per heavy atom. The summed E-state index contributed by atoms with van der Waals surface area (Å²) in [5.74, 6) is -1.85. The van der Waals surface area contributed by atoms with Gasteiger partial charge < -0.3 is 9.47 Å². The molecule has 0 radical (unpaired) electrons. The first-order valence-electron chi connectivity index (χ1n) is 9.71. The average molecular weight is 482 g/mol. The Hall–Kier alpha value is -3.36. The number of alkyl halides is 3. The summed E-state index contributed by atoms with van der Waals surface area (Å²) in [6.45, 7) is 0.710. The van der Waals surface area contributed by atoms with Crippen molar-refractivity contribution < 1.29 is 35.9 Å². The molecule has 0 saturated carbocycles. The van der Waals surface area contributed by atoms with E-state index >= 15 is 0 Å². The van der Waals surface area contributed by atoms with Gasteiger partial charge >= 0.3 is 12.3 Å². The largest absolute Gasteiger partial charge is 0.573 e. The molecule has 176 valence electrons. The van der Waals surface area contributed by atoms with Crippen LogP contribution in [-0.2, 0) is 26.0 Å². The molecule has 33 heavy (non-hydrogen) atoms. The van der Waals surface area contributed by atoms with E-state index < -0.39 is 45.6 Å². The first kappa shape index (κ1) is 25.9. The molecule has 0 aliphatic heterocycles. The van der Waals surface area contributed by atoms with Gasteiger partial charge in [-0.1, -0.05) is 48.5 Å². The minimum absolute atomic E-state index is 0.0299. The van der Waals surface area contributed by atoms with Gasteiger partial charge in [0.15, 0.2) is 0 Å². The predicted octanol–water partition coefficient (Wildman–Crippen LogP) is 3.83. The summed E-state index contributed by atoms with van der Waals surface area (Å²) in [5, 5.41) is 8.98. The fourth-order valence-corrected chi connectivity index (χ4v) is 4.63. The topological polar surface area (TPSA) is 96.7 Å². The zero-order valence-corrected chi connectivity index (χ0v) is 18.3. The van der Waals surface area contributed by atoms with Crippen LogP contribution in [0.5, 0.6) is 5.75 Å². The number of nitriles is 1. The van der Waals surface area contributed by atoms with Crippen LogP contribution in [0.1, 0.15) is 12.5 Å². The number of para-hydroxylation sites is 1. The molecule has 0 aliphatic carbocycles. The summed E-state index contributed by atoms with van der Waals surface area (Å²) in [6.07, 6.45) is -2.79. The van der Waals surface area contributed by atoms with Crippen molar-refractivity contribution in [3.8, 4) is 11.8 Å². The van der Waals surface area contributed by atoms with Crippen molar-refractivity contribution in [1.82, 2.24) is 4.31 Å². The van der Waals surface area contributed by atoms with E-state index in [1.54, 1.807) is 36.4 Å². The Balaban J connectivity index is 2.60. The molecule has 2 aromatic carbocycles. The summed E-state index contributed by atoms with van der Waals surface area (Å²) in [6, 6.07) is 13.5. The van der Waals surface area contributed by atoms with E-state index in [9.17, 15) is 26.4 Å². The highest BCUT2D eigenvalue weighted by Crippen LogP contribution is 2.32. The zero-order chi connectivity index (χ0) is 24.5. The highest BCUT2D eigenvalue weighted by Gasteiger charge is 2.38. The third-order valence-corrected chi connectivity index (χ3v) is 6.21. The van der Waals surface area contributed by atoms with Crippen LogP contribution >= 0.6 is 0 Å². The molecule has 0 bridgehead atoms. The number of rotatable bonds is 10. The van der Waals surface area contributed by atoms with E-state index in [-0.39, 0.29) is 13.0 Å². The average Bonchev–Trinajstić information content (AvgIpc) is 2.75. The molecule has 0 heterocycles. The third-order valence-electron chi connectivity index (χ3n) is 4.30. The first-order valence-corrected chi connectivity index (χ1v) is 11.1. The number of halogens is 3. The van der Waals surface area contributed by atoms with Crippen LogP contribution in [0.15, 0.2) is 71.6 Å². The van der Waals surface area contributed by atoms with Crippen molar-refractivity contribution in [3.63, 3.8) is 0 Å². The Morgan fingerprint density at radius 2 is 1.79 bits per heavy atom. The fraction of sp³-hybridized carbons (Fsp3) is 0.273. The van der Waals surface area contributed by atoms with Crippen molar-refractivity contribution >= 4 is 16.0 Å². The number of esters is 1. The molecular weight excluding hydrogens is 461 g/mol. The summed E-state index contributed by atoms with van der Waals surface area (Å²) in [4.78, 5) is 11.5. The Kier molecular flexibility index (Phi) is 9.02.